The first kappa shape index (κ1) is 8.46. The SMILES string of the molecule is NC1CC(F)CCC1C(=O)O. The molecule has 0 saturated heterocycles. The summed E-state index contributed by atoms with van der Waals surface area (Å²) in [6, 6.07) is -0.503. The lowest BCUT2D eigenvalue weighted by Gasteiger charge is -2.27. The number of alkyl halides is 1. The van der Waals surface area contributed by atoms with Crippen molar-refractivity contribution < 1.29 is 14.3 Å². The van der Waals surface area contributed by atoms with E-state index >= 15 is 0 Å². The lowest BCUT2D eigenvalue weighted by molar-refractivity contribution is -0.143. The molecule has 0 amide bonds. The summed E-state index contributed by atoms with van der Waals surface area (Å²) in [7, 11) is 0. The minimum Gasteiger partial charge on any atom is -0.481 e. The van der Waals surface area contributed by atoms with E-state index in [9.17, 15) is 9.18 Å². The Balaban J connectivity index is 2.50. The van der Waals surface area contributed by atoms with Crippen LogP contribution in [-0.4, -0.2) is 23.3 Å². The number of hydrogen-bond donors (Lipinski definition) is 2. The zero-order chi connectivity index (χ0) is 8.43. The molecular weight excluding hydrogens is 149 g/mol. The number of rotatable bonds is 1. The molecule has 1 saturated carbocycles. The Morgan fingerprint density at radius 3 is 2.64 bits per heavy atom. The first-order valence-corrected chi connectivity index (χ1v) is 3.73. The molecule has 3 nitrogen and oxygen atoms in total. The fraction of sp³-hybridized carbons (Fsp3) is 0.857. The predicted molar refractivity (Wildman–Crippen MR) is 37.8 cm³/mol. The standard InChI is InChI=1S/C7H12FNO2/c8-4-1-2-5(7(10)11)6(9)3-4/h4-6H,1-3,9H2,(H,10,11). The Labute approximate surface area is 64.4 Å². The molecule has 3 N–H and O–H groups in total. The first-order chi connectivity index (χ1) is 5.11. The van der Waals surface area contributed by atoms with Gasteiger partial charge in [0.25, 0.3) is 0 Å². The number of nitrogens with two attached hydrogens (primary N) is 1. The lowest BCUT2D eigenvalue weighted by atomic mass is 9.84. The Kier molecular flexibility index (Phi) is 2.44. The summed E-state index contributed by atoms with van der Waals surface area (Å²) in [5, 5.41) is 8.59. The smallest absolute Gasteiger partial charge is 0.308 e. The second-order valence-electron chi connectivity index (χ2n) is 3.02. The van der Waals surface area contributed by atoms with E-state index in [0.717, 1.165) is 0 Å². The van der Waals surface area contributed by atoms with Gasteiger partial charge in [0, 0.05) is 6.04 Å². The van der Waals surface area contributed by atoms with Gasteiger partial charge in [-0.25, -0.2) is 4.39 Å². The molecule has 64 valence electrons. The lowest BCUT2D eigenvalue weighted by Crippen LogP contribution is -2.41. The van der Waals surface area contributed by atoms with Gasteiger partial charge in [-0.1, -0.05) is 0 Å². The fourth-order valence-electron chi connectivity index (χ4n) is 1.46. The van der Waals surface area contributed by atoms with Gasteiger partial charge in [-0.05, 0) is 19.3 Å². The van der Waals surface area contributed by atoms with Crippen LogP contribution in [0.5, 0.6) is 0 Å². The third kappa shape index (κ3) is 1.89. The summed E-state index contributed by atoms with van der Waals surface area (Å²) in [6.07, 6.45) is -0.000139. The topological polar surface area (TPSA) is 63.3 Å². The maximum absolute atomic E-state index is 12.6. The highest BCUT2D eigenvalue weighted by Gasteiger charge is 2.32. The van der Waals surface area contributed by atoms with Gasteiger partial charge < -0.3 is 10.8 Å². The highest BCUT2D eigenvalue weighted by atomic mass is 19.1. The molecule has 0 aromatic heterocycles. The second-order valence-corrected chi connectivity index (χ2v) is 3.02. The van der Waals surface area contributed by atoms with E-state index in [-0.39, 0.29) is 6.42 Å². The number of halogens is 1. The Morgan fingerprint density at radius 2 is 2.18 bits per heavy atom. The summed E-state index contributed by atoms with van der Waals surface area (Å²) in [5.74, 6) is -1.44. The van der Waals surface area contributed by atoms with Crippen molar-refractivity contribution in [3.8, 4) is 0 Å². The monoisotopic (exact) mass is 161 g/mol. The van der Waals surface area contributed by atoms with Crippen molar-refractivity contribution in [2.45, 2.75) is 31.5 Å². The average molecular weight is 161 g/mol. The van der Waals surface area contributed by atoms with E-state index in [0.29, 0.717) is 12.8 Å². The normalized spacial score (nSPS) is 38.5. The largest absolute Gasteiger partial charge is 0.481 e. The second kappa shape index (κ2) is 3.17. The Morgan fingerprint density at radius 1 is 1.55 bits per heavy atom. The van der Waals surface area contributed by atoms with Gasteiger partial charge in [0.15, 0.2) is 0 Å². The molecule has 1 fully saturated rings. The molecule has 3 unspecified atom stereocenters. The summed E-state index contributed by atoms with van der Waals surface area (Å²) in [6.45, 7) is 0. The van der Waals surface area contributed by atoms with Crippen molar-refractivity contribution in [2.24, 2.45) is 11.7 Å². The molecule has 3 atom stereocenters. The van der Waals surface area contributed by atoms with Crippen LogP contribution in [0.15, 0.2) is 0 Å². The van der Waals surface area contributed by atoms with Crippen molar-refractivity contribution >= 4 is 5.97 Å². The molecule has 0 spiro atoms. The average Bonchev–Trinajstić information content (AvgIpc) is 1.85. The van der Waals surface area contributed by atoms with E-state index in [2.05, 4.69) is 0 Å². The molecule has 1 rings (SSSR count). The van der Waals surface area contributed by atoms with Crippen molar-refractivity contribution in [1.29, 1.82) is 0 Å². The molecular formula is C7H12FNO2. The maximum atomic E-state index is 12.6. The van der Waals surface area contributed by atoms with E-state index in [4.69, 9.17) is 10.8 Å². The molecule has 0 bridgehead atoms. The van der Waals surface area contributed by atoms with Gasteiger partial charge in [0.1, 0.15) is 6.17 Å². The molecule has 0 aliphatic heterocycles. The predicted octanol–water partition coefficient (Wildman–Crippen LogP) is 0.536. The minimum absolute atomic E-state index is 0.191. The van der Waals surface area contributed by atoms with Crippen LogP contribution in [0.25, 0.3) is 0 Å². The molecule has 1 aliphatic carbocycles. The molecule has 0 heterocycles. The van der Waals surface area contributed by atoms with Gasteiger partial charge in [0.05, 0.1) is 5.92 Å². The summed E-state index contributed by atoms with van der Waals surface area (Å²) < 4.78 is 12.6. The number of hydrogen-bond acceptors (Lipinski definition) is 2. The third-order valence-corrected chi connectivity index (χ3v) is 2.15. The van der Waals surface area contributed by atoms with E-state index < -0.39 is 24.1 Å². The van der Waals surface area contributed by atoms with E-state index in [1.165, 1.54) is 0 Å². The number of aliphatic carboxylic acids is 1. The zero-order valence-electron chi connectivity index (χ0n) is 6.16. The van der Waals surface area contributed by atoms with Crippen LogP contribution in [0.2, 0.25) is 0 Å². The summed E-state index contributed by atoms with van der Waals surface area (Å²) >= 11 is 0. The van der Waals surface area contributed by atoms with Crippen molar-refractivity contribution in [1.82, 2.24) is 0 Å². The van der Waals surface area contributed by atoms with Gasteiger partial charge in [-0.3, -0.25) is 4.79 Å². The van der Waals surface area contributed by atoms with Crippen LogP contribution < -0.4 is 5.73 Å². The van der Waals surface area contributed by atoms with Crippen LogP contribution in [0.1, 0.15) is 19.3 Å². The minimum atomic E-state index is -0.902. The fourth-order valence-corrected chi connectivity index (χ4v) is 1.46. The van der Waals surface area contributed by atoms with E-state index in [1.54, 1.807) is 0 Å². The van der Waals surface area contributed by atoms with Crippen molar-refractivity contribution in [3.63, 3.8) is 0 Å². The van der Waals surface area contributed by atoms with Gasteiger partial charge in [-0.2, -0.15) is 0 Å². The van der Waals surface area contributed by atoms with Crippen LogP contribution in [0.3, 0.4) is 0 Å². The summed E-state index contributed by atoms with van der Waals surface area (Å²) in [4.78, 5) is 10.5. The number of carboxylic acids is 1. The molecule has 0 aromatic rings. The number of carboxylic acid groups (broad SMARTS) is 1. The van der Waals surface area contributed by atoms with Crippen LogP contribution in [0, 0.1) is 5.92 Å². The first-order valence-electron chi connectivity index (χ1n) is 3.73. The Bertz CT molecular complexity index is 163. The van der Waals surface area contributed by atoms with Crippen molar-refractivity contribution in [2.75, 3.05) is 0 Å². The zero-order valence-corrected chi connectivity index (χ0v) is 6.16. The molecule has 0 radical (unpaired) electrons. The highest BCUT2D eigenvalue weighted by molar-refractivity contribution is 5.71. The van der Waals surface area contributed by atoms with Crippen LogP contribution in [0.4, 0.5) is 4.39 Å². The Hall–Kier alpha value is -0.640. The van der Waals surface area contributed by atoms with Crippen LogP contribution >= 0.6 is 0 Å². The molecule has 4 heteroatoms. The molecule has 11 heavy (non-hydrogen) atoms. The molecule has 0 aromatic carbocycles. The quantitative estimate of drug-likeness (QED) is 0.589. The van der Waals surface area contributed by atoms with Gasteiger partial charge in [-0.15, -0.1) is 0 Å². The third-order valence-electron chi connectivity index (χ3n) is 2.15. The van der Waals surface area contributed by atoms with E-state index in [1.807, 2.05) is 0 Å². The maximum Gasteiger partial charge on any atom is 0.308 e. The highest BCUT2D eigenvalue weighted by Crippen LogP contribution is 2.25. The van der Waals surface area contributed by atoms with Crippen LogP contribution in [-0.2, 0) is 4.79 Å². The summed E-state index contributed by atoms with van der Waals surface area (Å²) in [5.41, 5.74) is 5.45. The van der Waals surface area contributed by atoms with Crippen molar-refractivity contribution in [3.05, 3.63) is 0 Å². The van der Waals surface area contributed by atoms with Gasteiger partial charge in [0.2, 0.25) is 0 Å². The molecule has 1 aliphatic rings. The number of carbonyl (C=O) groups is 1. The van der Waals surface area contributed by atoms with Gasteiger partial charge >= 0.3 is 5.97 Å².